The number of anilines is 1. The second kappa shape index (κ2) is 8.74. The summed E-state index contributed by atoms with van der Waals surface area (Å²) in [5, 5.41) is 6.06. The summed E-state index contributed by atoms with van der Waals surface area (Å²) in [6, 6.07) is 17.8. The molecular formula is C25H24N6O2. The molecule has 2 N–H and O–H groups in total. The van der Waals surface area contributed by atoms with Gasteiger partial charge in [-0.15, -0.1) is 0 Å². The molecule has 2 aromatic carbocycles. The zero-order valence-corrected chi connectivity index (χ0v) is 18.5. The van der Waals surface area contributed by atoms with Crippen molar-refractivity contribution < 1.29 is 9.21 Å². The van der Waals surface area contributed by atoms with E-state index in [1.807, 2.05) is 66.2 Å². The molecule has 0 aliphatic carbocycles. The number of benzene rings is 2. The maximum atomic E-state index is 12.3. The molecule has 166 valence electrons. The van der Waals surface area contributed by atoms with Gasteiger partial charge in [0.05, 0.1) is 6.33 Å². The number of fused-ring (bicyclic) bond motifs is 3. The van der Waals surface area contributed by atoms with Crippen molar-refractivity contribution >= 4 is 34.0 Å². The molecule has 0 fully saturated rings. The molecule has 0 aliphatic heterocycles. The average Bonchev–Trinajstić information content (AvgIpc) is 3.45. The molecule has 0 spiro atoms. The van der Waals surface area contributed by atoms with E-state index in [9.17, 15) is 4.79 Å². The third-order valence-corrected chi connectivity index (χ3v) is 5.59. The number of rotatable bonds is 7. The highest BCUT2D eigenvalue weighted by molar-refractivity contribution is 6.03. The summed E-state index contributed by atoms with van der Waals surface area (Å²) in [5.41, 5.74) is 5.68. The first-order valence-corrected chi connectivity index (χ1v) is 10.8. The molecular weight excluding hydrogens is 416 g/mol. The number of nitrogens with zero attached hydrogens (tertiary/aromatic N) is 4. The molecule has 3 heterocycles. The van der Waals surface area contributed by atoms with Crippen LogP contribution in [0.25, 0.3) is 33.7 Å². The molecule has 0 atom stereocenters. The zero-order valence-electron chi connectivity index (χ0n) is 18.5. The first-order chi connectivity index (χ1) is 16.1. The predicted molar refractivity (Wildman–Crippen MR) is 128 cm³/mol. The molecule has 0 saturated carbocycles. The predicted octanol–water partition coefficient (Wildman–Crippen LogP) is 4.07. The van der Waals surface area contributed by atoms with Gasteiger partial charge in [-0.25, -0.2) is 9.97 Å². The molecule has 5 rings (SSSR count). The van der Waals surface area contributed by atoms with E-state index in [2.05, 4.69) is 20.6 Å². The first kappa shape index (κ1) is 20.7. The standard InChI is InChI=1S/C25H24N6O2/c1-26-23-20-22(31(2)15-28-20)21-25(30-23)33-24(29-21)18-10-6-9-17(13-18)14-27-19(32)12-11-16-7-4-3-5-8-16/h3-10,13,15H,11-12,14H2,1-2H3,(H,26,30)(H,27,32). The van der Waals surface area contributed by atoms with Crippen LogP contribution in [0.15, 0.2) is 65.3 Å². The second-order valence-corrected chi connectivity index (χ2v) is 7.90. The highest BCUT2D eigenvalue weighted by Crippen LogP contribution is 2.31. The Labute approximate surface area is 190 Å². The Balaban J connectivity index is 1.34. The second-order valence-electron chi connectivity index (χ2n) is 7.90. The van der Waals surface area contributed by atoms with Crippen molar-refractivity contribution in [3.8, 4) is 11.5 Å². The first-order valence-electron chi connectivity index (χ1n) is 10.8. The number of hydrogen-bond acceptors (Lipinski definition) is 6. The van der Waals surface area contributed by atoms with Gasteiger partial charge in [0.15, 0.2) is 11.3 Å². The van der Waals surface area contributed by atoms with Gasteiger partial charge in [-0.05, 0) is 29.7 Å². The Kier molecular flexibility index (Phi) is 5.48. The van der Waals surface area contributed by atoms with Crippen LogP contribution in [0.4, 0.5) is 5.82 Å². The van der Waals surface area contributed by atoms with E-state index >= 15 is 0 Å². The van der Waals surface area contributed by atoms with Gasteiger partial charge in [-0.1, -0.05) is 42.5 Å². The van der Waals surface area contributed by atoms with E-state index in [4.69, 9.17) is 9.40 Å². The quantitative estimate of drug-likeness (QED) is 0.396. The van der Waals surface area contributed by atoms with Crippen molar-refractivity contribution in [3.05, 3.63) is 72.1 Å². The van der Waals surface area contributed by atoms with Gasteiger partial charge in [0.25, 0.3) is 5.71 Å². The van der Waals surface area contributed by atoms with E-state index in [0.29, 0.717) is 35.9 Å². The Hall–Kier alpha value is -4.20. The summed E-state index contributed by atoms with van der Waals surface area (Å²) in [5.74, 6) is 1.15. The monoisotopic (exact) mass is 440 g/mol. The fourth-order valence-electron chi connectivity index (χ4n) is 3.88. The molecule has 8 heteroatoms. The number of aromatic nitrogens is 4. The lowest BCUT2D eigenvalue weighted by atomic mass is 10.1. The van der Waals surface area contributed by atoms with Crippen LogP contribution in [0.3, 0.4) is 0 Å². The molecule has 3 aromatic heterocycles. The minimum atomic E-state index is 0.0218. The Morgan fingerprint density at radius 1 is 1.03 bits per heavy atom. The highest BCUT2D eigenvalue weighted by Gasteiger charge is 2.18. The number of nitrogens with one attached hydrogen (secondary N) is 2. The summed E-state index contributed by atoms with van der Waals surface area (Å²) >= 11 is 0. The Morgan fingerprint density at radius 2 is 1.85 bits per heavy atom. The number of carbonyl (C=O) groups is 1. The Morgan fingerprint density at radius 3 is 2.67 bits per heavy atom. The topological polar surface area (TPSA) is 97.9 Å². The van der Waals surface area contributed by atoms with E-state index in [0.717, 1.165) is 34.1 Å². The van der Waals surface area contributed by atoms with Gasteiger partial charge < -0.3 is 19.6 Å². The minimum Gasteiger partial charge on any atom is -0.418 e. The molecule has 0 unspecified atom stereocenters. The van der Waals surface area contributed by atoms with Gasteiger partial charge in [0, 0.05) is 32.6 Å². The molecule has 0 aliphatic rings. The van der Waals surface area contributed by atoms with Gasteiger partial charge >= 0.3 is 0 Å². The Bertz CT molecular complexity index is 1440. The van der Waals surface area contributed by atoms with E-state index in [-0.39, 0.29) is 5.91 Å². The van der Waals surface area contributed by atoms with Crippen molar-refractivity contribution in [3.63, 3.8) is 0 Å². The van der Waals surface area contributed by atoms with Gasteiger partial charge in [0.2, 0.25) is 11.8 Å². The van der Waals surface area contributed by atoms with Crippen LogP contribution in [-0.4, -0.2) is 32.5 Å². The van der Waals surface area contributed by atoms with Crippen LogP contribution >= 0.6 is 0 Å². The van der Waals surface area contributed by atoms with Gasteiger partial charge in [-0.3, -0.25) is 4.79 Å². The largest absolute Gasteiger partial charge is 0.418 e. The zero-order chi connectivity index (χ0) is 22.8. The van der Waals surface area contributed by atoms with Crippen LogP contribution in [0, 0.1) is 0 Å². The number of amides is 1. The number of pyridine rings is 1. The highest BCUT2D eigenvalue weighted by atomic mass is 16.4. The van der Waals surface area contributed by atoms with Crippen molar-refractivity contribution in [2.24, 2.45) is 7.05 Å². The maximum Gasteiger partial charge on any atom is 0.251 e. The molecule has 1 amide bonds. The summed E-state index contributed by atoms with van der Waals surface area (Å²) < 4.78 is 7.92. The van der Waals surface area contributed by atoms with Crippen molar-refractivity contribution in [2.45, 2.75) is 19.4 Å². The summed E-state index contributed by atoms with van der Waals surface area (Å²) in [4.78, 5) is 26.0. The van der Waals surface area contributed by atoms with Gasteiger partial charge in [0.1, 0.15) is 11.0 Å². The number of imidazole rings is 1. The summed E-state index contributed by atoms with van der Waals surface area (Å²) in [7, 11) is 3.72. The normalized spacial score (nSPS) is 11.2. The maximum absolute atomic E-state index is 12.3. The fraction of sp³-hybridized carbons (Fsp3) is 0.200. The van der Waals surface area contributed by atoms with Gasteiger partial charge in [-0.2, -0.15) is 4.98 Å². The molecule has 5 aromatic rings. The average molecular weight is 441 g/mol. The van der Waals surface area contributed by atoms with Crippen molar-refractivity contribution in [1.29, 1.82) is 0 Å². The molecule has 0 saturated heterocycles. The molecule has 8 nitrogen and oxygen atoms in total. The van der Waals surface area contributed by atoms with Crippen LogP contribution in [0.2, 0.25) is 0 Å². The fourth-order valence-corrected chi connectivity index (χ4v) is 3.88. The van der Waals surface area contributed by atoms with Crippen LogP contribution in [0.1, 0.15) is 17.5 Å². The number of carbonyl (C=O) groups excluding carboxylic acids is 1. The molecule has 0 radical (unpaired) electrons. The summed E-state index contributed by atoms with van der Waals surface area (Å²) in [6.07, 6.45) is 2.91. The van der Waals surface area contributed by atoms with Crippen LogP contribution in [0.5, 0.6) is 0 Å². The van der Waals surface area contributed by atoms with E-state index in [1.165, 1.54) is 0 Å². The minimum absolute atomic E-state index is 0.0218. The smallest absolute Gasteiger partial charge is 0.251 e. The van der Waals surface area contributed by atoms with E-state index < -0.39 is 0 Å². The lowest BCUT2D eigenvalue weighted by molar-refractivity contribution is -0.121. The third-order valence-electron chi connectivity index (χ3n) is 5.59. The SMILES string of the molecule is CNc1nc2oc(-c3cccc(CNC(=O)CCc4ccccc4)c3)nc2c2c1ncn2C. The molecule has 33 heavy (non-hydrogen) atoms. The van der Waals surface area contributed by atoms with E-state index in [1.54, 1.807) is 13.4 Å². The van der Waals surface area contributed by atoms with Crippen LogP contribution in [-0.2, 0) is 24.8 Å². The third kappa shape index (κ3) is 4.15. The van der Waals surface area contributed by atoms with Crippen LogP contribution < -0.4 is 10.6 Å². The molecule has 0 bridgehead atoms. The lowest BCUT2D eigenvalue weighted by Crippen LogP contribution is -2.23. The van der Waals surface area contributed by atoms with Crippen molar-refractivity contribution in [1.82, 2.24) is 24.8 Å². The number of aryl methyl sites for hydroxylation is 2. The summed E-state index contributed by atoms with van der Waals surface area (Å²) in [6.45, 7) is 0.440. The van der Waals surface area contributed by atoms with Crippen molar-refractivity contribution in [2.75, 3.05) is 12.4 Å². The number of hydrogen-bond donors (Lipinski definition) is 2. The number of oxazole rings is 1. The lowest BCUT2D eigenvalue weighted by Gasteiger charge is -2.06.